The molecule has 0 spiro atoms. The number of hydrogen-bond acceptors (Lipinski definition) is 4. The highest BCUT2D eigenvalue weighted by molar-refractivity contribution is 7.99. The largest absolute Gasteiger partial charge is 0.475 e. The molecule has 1 saturated heterocycles. The summed E-state index contributed by atoms with van der Waals surface area (Å²) >= 11 is 1.91. The van der Waals surface area contributed by atoms with Crippen molar-refractivity contribution >= 4 is 17.7 Å². The third kappa shape index (κ3) is 2.24. The molecule has 1 aromatic rings. The molecule has 88 valence electrons. The molecule has 0 amide bonds. The average Bonchev–Trinajstić information content (AvgIpc) is 2.74. The second kappa shape index (κ2) is 4.91. The zero-order valence-corrected chi connectivity index (χ0v) is 10.0. The maximum Gasteiger partial charge on any atom is 0.373 e. The Morgan fingerprint density at radius 1 is 1.56 bits per heavy atom. The summed E-state index contributed by atoms with van der Waals surface area (Å²) in [4.78, 5) is 15.4. The van der Waals surface area contributed by atoms with Crippen LogP contribution in [0, 0.1) is 0 Å². The fourth-order valence-electron chi connectivity index (χ4n) is 1.93. The van der Waals surface area contributed by atoms with Crippen LogP contribution in [0.1, 0.15) is 47.8 Å². The molecule has 2 rings (SSSR count). The lowest BCUT2D eigenvalue weighted by Crippen LogP contribution is -2.12. The molecule has 0 radical (unpaired) electrons. The topological polar surface area (TPSA) is 63.3 Å². The quantitative estimate of drug-likeness (QED) is 0.881. The van der Waals surface area contributed by atoms with Gasteiger partial charge in [-0.05, 0) is 24.3 Å². The Balaban J connectivity index is 2.29. The van der Waals surface area contributed by atoms with Gasteiger partial charge in [-0.25, -0.2) is 9.78 Å². The average molecular weight is 241 g/mol. The lowest BCUT2D eigenvalue weighted by molar-refractivity contribution is 0.0658. The summed E-state index contributed by atoms with van der Waals surface area (Å²) in [5.74, 6) is 2.01. The van der Waals surface area contributed by atoms with Crippen LogP contribution in [0.15, 0.2) is 4.42 Å². The summed E-state index contributed by atoms with van der Waals surface area (Å²) in [6, 6.07) is 0. The van der Waals surface area contributed by atoms with Crippen LogP contribution in [0.2, 0.25) is 0 Å². The molecule has 1 fully saturated rings. The van der Waals surface area contributed by atoms with Gasteiger partial charge >= 0.3 is 5.97 Å². The molecule has 4 nitrogen and oxygen atoms in total. The lowest BCUT2D eigenvalue weighted by atomic mass is 9.97. The predicted octanol–water partition coefficient (Wildman–Crippen LogP) is 2.55. The molecule has 0 unspecified atom stereocenters. The van der Waals surface area contributed by atoms with Crippen LogP contribution in [0.5, 0.6) is 0 Å². The number of aromatic carboxylic acids is 1. The maximum absolute atomic E-state index is 11.1. The smallest absolute Gasteiger partial charge is 0.373 e. The zero-order valence-electron chi connectivity index (χ0n) is 9.23. The molecule has 1 aliphatic rings. The number of carboxylic acids is 1. The van der Waals surface area contributed by atoms with E-state index in [9.17, 15) is 4.79 Å². The summed E-state index contributed by atoms with van der Waals surface area (Å²) < 4.78 is 5.26. The molecule has 0 atom stereocenters. The van der Waals surface area contributed by atoms with Crippen molar-refractivity contribution in [2.24, 2.45) is 0 Å². The van der Waals surface area contributed by atoms with Gasteiger partial charge in [0.25, 0.3) is 0 Å². The molecule has 16 heavy (non-hydrogen) atoms. The number of carboxylic acid groups (broad SMARTS) is 1. The van der Waals surface area contributed by atoms with Crippen molar-refractivity contribution in [1.29, 1.82) is 0 Å². The van der Waals surface area contributed by atoms with E-state index in [-0.39, 0.29) is 11.7 Å². The van der Waals surface area contributed by atoms with Gasteiger partial charge in [-0.15, -0.1) is 0 Å². The minimum Gasteiger partial charge on any atom is -0.475 e. The van der Waals surface area contributed by atoms with Gasteiger partial charge in [-0.3, -0.25) is 0 Å². The first-order valence-corrected chi connectivity index (χ1v) is 6.68. The van der Waals surface area contributed by atoms with Gasteiger partial charge in [0.05, 0.1) is 5.69 Å². The van der Waals surface area contributed by atoms with Crippen LogP contribution in [0.25, 0.3) is 0 Å². The Bertz CT molecular complexity index is 383. The molecular weight excluding hydrogens is 226 g/mol. The first-order chi connectivity index (χ1) is 7.72. The van der Waals surface area contributed by atoms with E-state index < -0.39 is 5.97 Å². The first kappa shape index (κ1) is 11.5. The minimum absolute atomic E-state index is 0.0498. The van der Waals surface area contributed by atoms with Gasteiger partial charge in [-0.1, -0.05) is 6.92 Å². The van der Waals surface area contributed by atoms with Crippen LogP contribution < -0.4 is 0 Å². The molecule has 1 N–H and O–H groups in total. The fraction of sp³-hybridized carbons (Fsp3) is 0.636. The van der Waals surface area contributed by atoms with Gasteiger partial charge in [0, 0.05) is 12.3 Å². The number of thioether (sulfide) groups is 1. The highest BCUT2D eigenvalue weighted by Crippen LogP contribution is 2.33. The van der Waals surface area contributed by atoms with E-state index in [1.807, 2.05) is 18.7 Å². The second-order valence-corrected chi connectivity index (χ2v) is 5.09. The van der Waals surface area contributed by atoms with Crippen LogP contribution in [0.3, 0.4) is 0 Å². The Hall–Kier alpha value is -0.970. The molecule has 5 heteroatoms. The molecule has 1 aromatic heterocycles. The number of aromatic nitrogens is 1. The number of rotatable bonds is 3. The molecule has 0 aromatic carbocycles. The van der Waals surface area contributed by atoms with E-state index in [4.69, 9.17) is 9.52 Å². The molecule has 0 saturated carbocycles. The van der Waals surface area contributed by atoms with Crippen molar-refractivity contribution in [2.75, 3.05) is 11.5 Å². The van der Waals surface area contributed by atoms with Crippen LogP contribution >= 0.6 is 11.8 Å². The maximum atomic E-state index is 11.1. The van der Waals surface area contributed by atoms with Crippen LogP contribution in [-0.4, -0.2) is 27.6 Å². The number of carbonyl (C=O) groups is 1. The minimum atomic E-state index is -1.000. The van der Waals surface area contributed by atoms with Gasteiger partial charge in [-0.2, -0.15) is 11.8 Å². The van der Waals surface area contributed by atoms with E-state index in [2.05, 4.69) is 4.98 Å². The molecule has 0 aliphatic carbocycles. The Morgan fingerprint density at radius 2 is 2.25 bits per heavy atom. The first-order valence-electron chi connectivity index (χ1n) is 5.53. The third-order valence-corrected chi connectivity index (χ3v) is 3.85. The van der Waals surface area contributed by atoms with Crippen molar-refractivity contribution in [3.8, 4) is 0 Å². The molecule has 1 aliphatic heterocycles. The van der Waals surface area contributed by atoms with Gasteiger partial charge in [0.2, 0.25) is 5.76 Å². The van der Waals surface area contributed by atoms with E-state index >= 15 is 0 Å². The summed E-state index contributed by atoms with van der Waals surface area (Å²) in [7, 11) is 0. The van der Waals surface area contributed by atoms with Crippen LogP contribution in [0.4, 0.5) is 0 Å². The van der Waals surface area contributed by atoms with Gasteiger partial charge in [0.1, 0.15) is 0 Å². The molecule has 2 heterocycles. The fourth-order valence-corrected chi connectivity index (χ4v) is 3.04. The summed E-state index contributed by atoms with van der Waals surface area (Å²) in [5.41, 5.74) is 0.657. The van der Waals surface area contributed by atoms with Crippen molar-refractivity contribution in [3.05, 3.63) is 17.3 Å². The summed E-state index contributed by atoms with van der Waals surface area (Å²) in [6.45, 7) is 1.91. The Labute approximate surface area is 98.4 Å². The Morgan fingerprint density at radius 3 is 2.81 bits per heavy atom. The SMILES string of the molecule is CCc1nc(C2CCSCC2)c(C(=O)O)o1. The predicted molar refractivity (Wildman–Crippen MR) is 62.1 cm³/mol. The van der Waals surface area contributed by atoms with Crippen molar-refractivity contribution in [2.45, 2.75) is 32.1 Å². The standard InChI is InChI=1S/C11H15NO3S/c1-2-8-12-9(10(15-8)11(13)14)7-3-5-16-6-4-7/h7H,2-6H2,1H3,(H,13,14). The van der Waals surface area contributed by atoms with E-state index in [1.54, 1.807) is 0 Å². The number of hydrogen-bond donors (Lipinski definition) is 1. The van der Waals surface area contributed by atoms with Gasteiger partial charge in [0.15, 0.2) is 5.89 Å². The van der Waals surface area contributed by atoms with E-state index in [0.29, 0.717) is 18.0 Å². The van der Waals surface area contributed by atoms with Crippen molar-refractivity contribution in [1.82, 2.24) is 4.98 Å². The number of nitrogens with zero attached hydrogens (tertiary/aromatic N) is 1. The highest BCUT2D eigenvalue weighted by atomic mass is 32.2. The number of oxazole rings is 1. The van der Waals surface area contributed by atoms with Gasteiger partial charge < -0.3 is 9.52 Å². The van der Waals surface area contributed by atoms with Crippen molar-refractivity contribution in [3.63, 3.8) is 0 Å². The van der Waals surface area contributed by atoms with Crippen LogP contribution in [-0.2, 0) is 6.42 Å². The lowest BCUT2D eigenvalue weighted by Gasteiger charge is -2.19. The number of aryl methyl sites for hydroxylation is 1. The van der Waals surface area contributed by atoms with E-state index in [0.717, 1.165) is 24.3 Å². The third-order valence-electron chi connectivity index (χ3n) is 2.80. The molecule has 0 bridgehead atoms. The molecular formula is C11H15NO3S. The Kier molecular flexibility index (Phi) is 3.53. The second-order valence-electron chi connectivity index (χ2n) is 3.87. The normalized spacial score (nSPS) is 17.6. The zero-order chi connectivity index (χ0) is 11.5. The summed E-state index contributed by atoms with van der Waals surface area (Å²) in [5, 5.41) is 9.07. The highest BCUT2D eigenvalue weighted by Gasteiger charge is 2.27. The summed E-state index contributed by atoms with van der Waals surface area (Å²) in [6.07, 6.45) is 2.64. The van der Waals surface area contributed by atoms with E-state index in [1.165, 1.54) is 0 Å². The monoisotopic (exact) mass is 241 g/mol. The van der Waals surface area contributed by atoms with Crippen molar-refractivity contribution < 1.29 is 14.3 Å².